The molecule has 0 aliphatic rings. The number of nitrogens with one attached hydrogen (secondary N) is 2. The van der Waals surface area contributed by atoms with Crippen molar-refractivity contribution in [3.05, 3.63) is 18.7 Å². The standard InChI is InChI=1S/C13H21N7O/c1-3-8-21-9-4-5-16-12-17-11(14-2)18-13(19-12)20-7-6-15-10-20/h6-7,10H,3-5,8-9H2,1-2H3,(H2,14,16,17,18,19). The van der Waals surface area contributed by atoms with Crippen LogP contribution in [-0.4, -0.2) is 51.3 Å². The van der Waals surface area contributed by atoms with Gasteiger partial charge in [-0.25, -0.2) is 4.98 Å². The highest BCUT2D eigenvalue weighted by atomic mass is 16.5. The molecule has 0 aliphatic carbocycles. The van der Waals surface area contributed by atoms with E-state index in [-0.39, 0.29) is 0 Å². The van der Waals surface area contributed by atoms with E-state index in [1.807, 2.05) is 0 Å². The summed E-state index contributed by atoms with van der Waals surface area (Å²) in [5.41, 5.74) is 0. The minimum Gasteiger partial charge on any atom is -0.381 e. The summed E-state index contributed by atoms with van der Waals surface area (Å²) in [7, 11) is 1.77. The van der Waals surface area contributed by atoms with Gasteiger partial charge in [0.2, 0.25) is 17.8 Å². The lowest BCUT2D eigenvalue weighted by atomic mass is 10.4. The summed E-state index contributed by atoms with van der Waals surface area (Å²) in [6.07, 6.45) is 7.07. The van der Waals surface area contributed by atoms with Crippen LogP contribution in [0.3, 0.4) is 0 Å². The molecule has 0 saturated carbocycles. The van der Waals surface area contributed by atoms with E-state index in [1.165, 1.54) is 0 Å². The molecule has 0 fully saturated rings. The van der Waals surface area contributed by atoms with Gasteiger partial charge in [0, 0.05) is 39.2 Å². The van der Waals surface area contributed by atoms with Crippen molar-refractivity contribution in [1.29, 1.82) is 0 Å². The van der Waals surface area contributed by atoms with Gasteiger partial charge in [-0.05, 0) is 12.8 Å². The maximum Gasteiger partial charge on any atom is 0.241 e. The van der Waals surface area contributed by atoms with Crippen LogP contribution >= 0.6 is 0 Å². The quantitative estimate of drug-likeness (QED) is 0.673. The predicted octanol–water partition coefficient (Wildman–Crippen LogP) is 1.33. The van der Waals surface area contributed by atoms with Gasteiger partial charge in [0.05, 0.1) is 0 Å². The molecule has 8 heteroatoms. The third-order valence-electron chi connectivity index (χ3n) is 2.68. The Kier molecular flexibility index (Phi) is 5.89. The molecule has 2 rings (SSSR count). The Bertz CT molecular complexity index is 529. The van der Waals surface area contributed by atoms with Crippen molar-refractivity contribution < 1.29 is 4.74 Å². The fourth-order valence-corrected chi connectivity index (χ4v) is 1.67. The highest BCUT2D eigenvalue weighted by Gasteiger charge is 2.06. The van der Waals surface area contributed by atoms with E-state index in [0.717, 1.165) is 32.6 Å². The fourth-order valence-electron chi connectivity index (χ4n) is 1.67. The largest absolute Gasteiger partial charge is 0.381 e. The smallest absolute Gasteiger partial charge is 0.241 e. The number of nitrogens with zero attached hydrogens (tertiary/aromatic N) is 5. The van der Waals surface area contributed by atoms with Crippen molar-refractivity contribution in [3.63, 3.8) is 0 Å². The molecule has 0 aliphatic heterocycles. The monoisotopic (exact) mass is 291 g/mol. The molecule has 2 aromatic rings. The van der Waals surface area contributed by atoms with Crippen molar-refractivity contribution in [2.24, 2.45) is 0 Å². The first-order valence-electron chi connectivity index (χ1n) is 7.07. The van der Waals surface area contributed by atoms with Gasteiger partial charge in [-0.1, -0.05) is 6.92 Å². The second-order valence-corrected chi connectivity index (χ2v) is 4.40. The second-order valence-electron chi connectivity index (χ2n) is 4.40. The molecule has 2 heterocycles. The normalized spacial score (nSPS) is 10.6. The minimum absolute atomic E-state index is 0.512. The molecule has 0 radical (unpaired) electrons. The number of hydrogen-bond donors (Lipinski definition) is 2. The van der Waals surface area contributed by atoms with Crippen molar-refractivity contribution in [2.75, 3.05) is 37.4 Å². The molecule has 0 saturated heterocycles. The zero-order valence-corrected chi connectivity index (χ0v) is 12.4. The van der Waals surface area contributed by atoms with Crippen LogP contribution in [0.25, 0.3) is 5.95 Å². The van der Waals surface area contributed by atoms with Gasteiger partial charge in [0.15, 0.2) is 0 Å². The zero-order chi connectivity index (χ0) is 14.9. The van der Waals surface area contributed by atoms with Crippen LogP contribution in [0.2, 0.25) is 0 Å². The van der Waals surface area contributed by atoms with E-state index >= 15 is 0 Å². The van der Waals surface area contributed by atoms with E-state index in [4.69, 9.17) is 4.74 Å². The third kappa shape index (κ3) is 4.67. The molecule has 0 amide bonds. The average Bonchev–Trinajstić information content (AvgIpc) is 3.05. The van der Waals surface area contributed by atoms with Gasteiger partial charge in [0.1, 0.15) is 6.33 Å². The molecule has 0 aromatic carbocycles. The number of hydrogen-bond acceptors (Lipinski definition) is 7. The Morgan fingerprint density at radius 1 is 1.19 bits per heavy atom. The average molecular weight is 291 g/mol. The van der Waals surface area contributed by atoms with Crippen molar-refractivity contribution in [3.8, 4) is 5.95 Å². The summed E-state index contributed by atoms with van der Waals surface area (Å²) < 4.78 is 7.16. The van der Waals surface area contributed by atoms with Crippen molar-refractivity contribution in [2.45, 2.75) is 19.8 Å². The topological polar surface area (TPSA) is 89.8 Å². The highest BCUT2D eigenvalue weighted by molar-refractivity contribution is 5.37. The lowest BCUT2D eigenvalue weighted by molar-refractivity contribution is 0.134. The molecule has 21 heavy (non-hydrogen) atoms. The summed E-state index contributed by atoms with van der Waals surface area (Å²) in [5.74, 6) is 1.57. The Labute approximate surface area is 124 Å². The molecule has 0 atom stereocenters. The molecule has 2 aromatic heterocycles. The molecule has 0 bridgehead atoms. The SMILES string of the molecule is CCCOCCCNc1nc(NC)nc(-n2ccnc2)n1. The zero-order valence-electron chi connectivity index (χ0n) is 12.4. The number of aromatic nitrogens is 5. The summed E-state index contributed by atoms with van der Waals surface area (Å²) in [4.78, 5) is 16.9. The summed E-state index contributed by atoms with van der Waals surface area (Å²) >= 11 is 0. The lowest BCUT2D eigenvalue weighted by Crippen LogP contribution is -2.12. The maximum atomic E-state index is 5.43. The Hall–Kier alpha value is -2.22. The van der Waals surface area contributed by atoms with Gasteiger partial charge >= 0.3 is 0 Å². The number of rotatable bonds is 9. The Morgan fingerprint density at radius 2 is 2.05 bits per heavy atom. The first kappa shape index (κ1) is 15.2. The van der Waals surface area contributed by atoms with Crippen LogP contribution < -0.4 is 10.6 Å². The highest BCUT2D eigenvalue weighted by Crippen LogP contribution is 2.08. The van der Waals surface area contributed by atoms with Crippen LogP contribution in [-0.2, 0) is 4.74 Å². The molecular formula is C13H21N7O. The number of imidazole rings is 1. The predicted molar refractivity (Wildman–Crippen MR) is 80.7 cm³/mol. The van der Waals surface area contributed by atoms with Gasteiger partial charge in [-0.2, -0.15) is 15.0 Å². The fraction of sp³-hybridized carbons (Fsp3) is 0.538. The molecule has 0 spiro atoms. The van der Waals surface area contributed by atoms with Gasteiger partial charge in [-0.3, -0.25) is 4.57 Å². The van der Waals surface area contributed by atoms with Gasteiger partial charge < -0.3 is 15.4 Å². The van der Waals surface area contributed by atoms with Crippen LogP contribution in [0.4, 0.5) is 11.9 Å². The molecule has 8 nitrogen and oxygen atoms in total. The summed E-state index contributed by atoms with van der Waals surface area (Å²) in [5, 5.41) is 6.11. The lowest BCUT2D eigenvalue weighted by Gasteiger charge is -2.09. The van der Waals surface area contributed by atoms with Crippen LogP contribution in [0.5, 0.6) is 0 Å². The van der Waals surface area contributed by atoms with Crippen LogP contribution in [0.15, 0.2) is 18.7 Å². The Balaban J connectivity index is 1.94. The van der Waals surface area contributed by atoms with E-state index in [2.05, 4.69) is 37.5 Å². The minimum atomic E-state index is 0.512. The molecular weight excluding hydrogens is 270 g/mol. The second kappa shape index (κ2) is 8.15. The van der Waals surface area contributed by atoms with Gasteiger partial charge in [-0.15, -0.1) is 0 Å². The maximum absolute atomic E-state index is 5.43. The van der Waals surface area contributed by atoms with E-state index < -0.39 is 0 Å². The first-order chi connectivity index (χ1) is 10.3. The van der Waals surface area contributed by atoms with E-state index in [0.29, 0.717) is 17.8 Å². The van der Waals surface area contributed by atoms with Crippen LogP contribution in [0.1, 0.15) is 19.8 Å². The van der Waals surface area contributed by atoms with E-state index in [1.54, 1.807) is 30.3 Å². The summed E-state index contributed by atoms with van der Waals surface area (Å²) in [6, 6.07) is 0. The molecule has 2 N–H and O–H groups in total. The number of anilines is 2. The van der Waals surface area contributed by atoms with Crippen molar-refractivity contribution in [1.82, 2.24) is 24.5 Å². The first-order valence-corrected chi connectivity index (χ1v) is 7.07. The van der Waals surface area contributed by atoms with E-state index in [9.17, 15) is 0 Å². The molecule has 114 valence electrons. The summed E-state index contributed by atoms with van der Waals surface area (Å²) in [6.45, 7) is 4.39. The van der Waals surface area contributed by atoms with Gasteiger partial charge in [0.25, 0.3) is 0 Å². The van der Waals surface area contributed by atoms with Crippen molar-refractivity contribution >= 4 is 11.9 Å². The third-order valence-corrected chi connectivity index (χ3v) is 2.68. The van der Waals surface area contributed by atoms with Crippen LogP contribution in [0, 0.1) is 0 Å². The number of ether oxygens (including phenoxy) is 1. The Morgan fingerprint density at radius 3 is 2.76 bits per heavy atom. The molecule has 0 unspecified atom stereocenters.